The predicted octanol–water partition coefficient (Wildman–Crippen LogP) is -0.0141. The lowest BCUT2D eigenvalue weighted by atomic mass is 9.69. The van der Waals surface area contributed by atoms with Gasteiger partial charge in [0.15, 0.2) is 0 Å². The number of fused-ring (bicyclic) bond motifs is 1. The molecule has 2 amide bonds. The molecule has 2 aliphatic rings. The van der Waals surface area contributed by atoms with E-state index in [-0.39, 0.29) is 43.5 Å². The summed E-state index contributed by atoms with van der Waals surface area (Å²) in [5.74, 6) is 6.35. The number of ether oxygens (including phenoxy) is 1. The zero-order valence-corrected chi connectivity index (χ0v) is 20.0. The Labute approximate surface area is 205 Å². The van der Waals surface area contributed by atoms with Gasteiger partial charge in [0.25, 0.3) is 5.91 Å². The quantitative estimate of drug-likeness (QED) is 0.0631. The van der Waals surface area contributed by atoms with Gasteiger partial charge in [-0.2, -0.15) is 5.10 Å². The number of amidine groups is 1. The van der Waals surface area contributed by atoms with Crippen molar-refractivity contribution in [1.82, 2.24) is 21.5 Å². The molecule has 0 radical (unpaired) electrons. The highest BCUT2D eigenvalue weighted by Crippen LogP contribution is 2.40. The van der Waals surface area contributed by atoms with Gasteiger partial charge >= 0.3 is 5.97 Å². The molecule has 1 aliphatic carbocycles. The summed E-state index contributed by atoms with van der Waals surface area (Å²) in [6.07, 6.45) is 5.80. The van der Waals surface area contributed by atoms with Crippen molar-refractivity contribution >= 4 is 23.6 Å². The molecule has 0 bridgehead atoms. The highest BCUT2D eigenvalue weighted by molar-refractivity contribution is 5.96. The molecule has 0 spiro atoms. The molecule has 1 aromatic carbocycles. The van der Waals surface area contributed by atoms with Crippen LogP contribution in [-0.2, 0) is 14.3 Å². The monoisotopic (exact) mass is 487 g/mol. The zero-order valence-electron chi connectivity index (χ0n) is 20.0. The highest BCUT2D eigenvalue weighted by Gasteiger charge is 2.38. The molecule has 0 aromatic heterocycles. The number of nitrogens with one attached hydrogen (secondary N) is 4. The fourth-order valence-electron chi connectivity index (χ4n) is 4.95. The summed E-state index contributed by atoms with van der Waals surface area (Å²) in [6, 6.07) is 8.34. The molecular formula is C24H37N7O4. The maximum absolute atomic E-state index is 12.6. The van der Waals surface area contributed by atoms with Crippen LogP contribution >= 0.6 is 0 Å². The van der Waals surface area contributed by atoms with Crippen molar-refractivity contribution < 1.29 is 19.1 Å². The summed E-state index contributed by atoms with van der Waals surface area (Å²) in [5.41, 5.74) is 8.53. The average molecular weight is 488 g/mol. The number of amides is 2. The summed E-state index contributed by atoms with van der Waals surface area (Å²) in [5, 5.41) is 12.3. The van der Waals surface area contributed by atoms with Crippen molar-refractivity contribution in [3.8, 4) is 0 Å². The van der Waals surface area contributed by atoms with Gasteiger partial charge in [-0.1, -0.05) is 24.6 Å². The largest absolute Gasteiger partial charge is 0.463 e. The first-order chi connectivity index (χ1) is 17.0. The maximum Gasteiger partial charge on any atom is 0.323 e. The number of nitrogens with zero attached hydrogens (tertiary/aromatic N) is 1. The summed E-state index contributed by atoms with van der Waals surface area (Å²) in [7, 11) is 0. The van der Waals surface area contributed by atoms with Crippen molar-refractivity contribution in [3.63, 3.8) is 0 Å². The molecule has 1 saturated heterocycles. The molecule has 1 aromatic rings. The third-order valence-corrected chi connectivity index (χ3v) is 6.83. The first kappa shape index (κ1) is 26.4. The van der Waals surface area contributed by atoms with Crippen molar-refractivity contribution in [2.45, 2.75) is 44.6 Å². The van der Waals surface area contributed by atoms with E-state index in [1.54, 1.807) is 24.3 Å². The van der Waals surface area contributed by atoms with Crippen LogP contribution in [0.3, 0.4) is 0 Å². The molecule has 1 heterocycles. The van der Waals surface area contributed by atoms with E-state index in [1.807, 2.05) is 6.07 Å². The number of carbonyl (C=O) groups is 3. The fourth-order valence-corrected chi connectivity index (χ4v) is 4.95. The molecule has 4 atom stereocenters. The Balaban J connectivity index is 1.31. The van der Waals surface area contributed by atoms with E-state index in [1.165, 1.54) is 0 Å². The number of hydrazine groups is 1. The molecular weight excluding hydrogens is 450 g/mol. The van der Waals surface area contributed by atoms with Crippen LogP contribution in [0.25, 0.3) is 0 Å². The number of esters is 1. The zero-order chi connectivity index (χ0) is 25.0. The Bertz CT molecular complexity index is 880. The second-order valence-corrected chi connectivity index (χ2v) is 9.23. The first-order valence-electron chi connectivity index (χ1n) is 12.2. The third-order valence-electron chi connectivity index (χ3n) is 6.83. The molecule has 3 rings (SSSR count). The summed E-state index contributed by atoms with van der Waals surface area (Å²) in [4.78, 5) is 36.5. The maximum atomic E-state index is 12.6. The SMILES string of the molecule is NN/N=C(\N)CCC1CCC2CNC(C(=O)OCCNC(=O)CNC(=O)c3ccccc3)CC2C1. The summed E-state index contributed by atoms with van der Waals surface area (Å²) < 4.78 is 5.38. The number of benzene rings is 1. The number of nitrogens with two attached hydrogens (primary N) is 2. The van der Waals surface area contributed by atoms with Crippen LogP contribution in [0.2, 0.25) is 0 Å². The van der Waals surface area contributed by atoms with Crippen molar-refractivity contribution in [2.24, 2.45) is 34.4 Å². The molecule has 2 fully saturated rings. The van der Waals surface area contributed by atoms with Crippen molar-refractivity contribution in [1.29, 1.82) is 0 Å². The average Bonchev–Trinajstić information content (AvgIpc) is 2.88. The topological polar surface area (TPSA) is 173 Å². The Morgan fingerprint density at radius 2 is 1.89 bits per heavy atom. The van der Waals surface area contributed by atoms with E-state index in [0.29, 0.717) is 35.6 Å². The minimum absolute atomic E-state index is 0.0832. The van der Waals surface area contributed by atoms with Gasteiger partial charge in [-0.05, 0) is 62.1 Å². The van der Waals surface area contributed by atoms with E-state index in [2.05, 4.69) is 26.6 Å². The smallest absolute Gasteiger partial charge is 0.323 e. The minimum Gasteiger partial charge on any atom is -0.463 e. The number of hydrogen-bond acceptors (Lipinski definition) is 8. The lowest BCUT2D eigenvalue weighted by molar-refractivity contribution is -0.148. The van der Waals surface area contributed by atoms with E-state index in [9.17, 15) is 14.4 Å². The first-order valence-corrected chi connectivity index (χ1v) is 12.2. The highest BCUT2D eigenvalue weighted by atomic mass is 16.5. The number of carbonyl (C=O) groups excluding carboxylic acids is 3. The van der Waals surface area contributed by atoms with Gasteiger partial charge in [-0.3, -0.25) is 14.4 Å². The van der Waals surface area contributed by atoms with Crippen molar-refractivity contribution in [3.05, 3.63) is 35.9 Å². The van der Waals surface area contributed by atoms with Crippen LogP contribution in [0.15, 0.2) is 35.4 Å². The van der Waals surface area contributed by atoms with Gasteiger partial charge in [0.2, 0.25) is 5.91 Å². The van der Waals surface area contributed by atoms with Crippen LogP contribution in [-0.4, -0.2) is 55.9 Å². The van der Waals surface area contributed by atoms with E-state index in [0.717, 1.165) is 38.6 Å². The van der Waals surface area contributed by atoms with Gasteiger partial charge in [0.1, 0.15) is 18.5 Å². The van der Waals surface area contributed by atoms with Crippen LogP contribution in [0, 0.1) is 17.8 Å². The van der Waals surface area contributed by atoms with Gasteiger partial charge < -0.3 is 26.4 Å². The molecule has 1 saturated carbocycles. The normalized spacial score (nSPS) is 24.1. The number of piperidine rings is 1. The van der Waals surface area contributed by atoms with Crippen LogP contribution < -0.4 is 33.1 Å². The van der Waals surface area contributed by atoms with Gasteiger partial charge in [0, 0.05) is 12.0 Å². The molecule has 35 heavy (non-hydrogen) atoms. The Kier molecular flexibility index (Phi) is 10.3. The Morgan fingerprint density at radius 3 is 2.66 bits per heavy atom. The second kappa shape index (κ2) is 13.6. The van der Waals surface area contributed by atoms with E-state index < -0.39 is 0 Å². The molecule has 4 unspecified atom stereocenters. The molecule has 8 N–H and O–H groups in total. The Hall–Kier alpha value is -3.18. The fraction of sp³-hybridized carbons (Fsp3) is 0.583. The molecule has 192 valence electrons. The predicted molar refractivity (Wildman–Crippen MR) is 132 cm³/mol. The van der Waals surface area contributed by atoms with Gasteiger partial charge in [0.05, 0.1) is 13.1 Å². The molecule has 1 aliphatic heterocycles. The Morgan fingerprint density at radius 1 is 1.09 bits per heavy atom. The lowest BCUT2D eigenvalue weighted by Crippen LogP contribution is -2.50. The summed E-state index contributed by atoms with van der Waals surface area (Å²) in [6.45, 7) is 0.944. The van der Waals surface area contributed by atoms with Gasteiger partial charge in [-0.15, -0.1) is 0 Å². The van der Waals surface area contributed by atoms with Crippen LogP contribution in [0.5, 0.6) is 0 Å². The van der Waals surface area contributed by atoms with Crippen LogP contribution in [0.4, 0.5) is 0 Å². The molecule has 11 heteroatoms. The standard InChI is InChI=1S/C24H37N7O4/c25-21(30-31-26)9-7-16-6-8-18-14-28-20(13-19(18)12-16)24(34)35-11-10-27-22(32)15-29-23(33)17-4-2-1-3-5-17/h1-5,16,18-20,28,31H,6-15,26H2,(H2,25,30)(H,27,32)(H,29,33). The molecule has 11 nitrogen and oxygen atoms in total. The number of hydrogen-bond donors (Lipinski definition) is 6. The number of rotatable bonds is 11. The van der Waals surface area contributed by atoms with Crippen molar-refractivity contribution in [2.75, 3.05) is 26.2 Å². The number of hydrazone groups is 1. The summed E-state index contributed by atoms with van der Waals surface area (Å²) >= 11 is 0. The third kappa shape index (κ3) is 8.52. The van der Waals surface area contributed by atoms with Crippen LogP contribution in [0.1, 0.15) is 48.9 Å². The van der Waals surface area contributed by atoms with Gasteiger partial charge in [-0.25, -0.2) is 11.4 Å². The lowest BCUT2D eigenvalue weighted by Gasteiger charge is -2.42. The van der Waals surface area contributed by atoms with E-state index in [4.69, 9.17) is 16.3 Å². The minimum atomic E-state index is -0.342. The van der Waals surface area contributed by atoms with E-state index >= 15 is 0 Å². The second-order valence-electron chi connectivity index (χ2n) is 9.23.